The first-order valence-corrected chi connectivity index (χ1v) is 6.27. The van der Waals surface area contributed by atoms with Crippen LogP contribution in [0.25, 0.3) is 10.8 Å². The summed E-state index contributed by atoms with van der Waals surface area (Å²) in [5, 5.41) is 2.25. The van der Waals surface area contributed by atoms with Crippen LogP contribution >= 0.6 is 0 Å². The first kappa shape index (κ1) is 11.8. The van der Waals surface area contributed by atoms with Crippen LogP contribution in [0, 0.1) is 6.92 Å². The van der Waals surface area contributed by atoms with Crippen molar-refractivity contribution in [1.29, 1.82) is 0 Å². The molecule has 1 aromatic carbocycles. The Labute approximate surface area is 112 Å². The molecule has 1 unspecified atom stereocenters. The molecule has 0 saturated carbocycles. The van der Waals surface area contributed by atoms with E-state index in [0.29, 0.717) is 0 Å². The number of hydrogen-bond acceptors (Lipinski definition) is 3. The lowest BCUT2D eigenvalue weighted by molar-refractivity contribution is 0.855. The molecule has 2 heterocycles. The van der Waals surface area contributed by atoms with Gasteiger partial charge in [-0.15, -0.1) is 0 Å². The van der Waals surface area contributed by atoms with Crippen molar-refractivity contribution in [3.8, 4) is 0 Å². The second-order valence-corrected chi connectivity index (χ2v) is 4.60. The Morgan fingerprint density at radius 2 is 1.84 bits per heavy atom. The summed E-state index contributed by atoms with van der Waals surface area (Å²) in [5.74, 6) is 0. The van der Waals surface area contributed by atoms with Gasteiger partial charge in [-0.25, -0.2) is 0 Å². The summed E-state index contributed by atoms with van der Waals surface area (Å²) < 4.78 is 0. The maximum atomic E-state index is 6.42. The molecule has 3 rings (SSSR count). The lowest BCUT2D eigenvalue weighted by atomic mass is 9.95. The van der Waals surface area contributed by atoms with E-state index in [9.17, 15) is 0 Å². The standard InChI is InChI=1S/C16H15N3/c1-11-13(6-3-8-19-11)16(17)14-5-2-4-12-7-9-18-10-15(12)14/h2-10,16H,17H2,1H3. The fourth-order valence-electron chi connectivity index (χ4n) is 2.40. The van der Waals surface area contributed by atoms with Crippen LogP contribution in [0.15, 0.2) is 55.0 Å². The van der Waals surface area contributed by atoms with Crippen molar-refractivity contribution >= 4 is 10.8 Å². The van der Waals surface area contributed by atoms with Crippen LogP contribution in [-0.2, 0) is 0 Å². The number of fused-ring (bicyclic) bond motifs is 1. The smallest absolute Gasteiger partial charge is 0.0576 e. The summed E-state index contributed by atoms with van der Waals surface area (Å²) in [7, 11) is 0. The average molecular weight is 249 g/mol. The van der Waals surface area contributed by atoms with Gasteiger partial charge >= 0.3 is 0 Å². The molecule has 2 N–H and O–H groups in total. The number of nitrogens with zero attached hydrogens (tertiary/aromatic N) is 2. The molecule has 0 fully saturated rings. The van der Waals surface area contributed by atoms with E-state index >= 15 is 0 Å². The quantitative estimate of drug-likeness (QED) is 0.759. The normalized spacial score (nSPS) is 12.5. The summed E-state index contributed by atoms with van der Waals surface area (Å²) in [6.45, 7) is 1.98. The van der Waals surface area contributed by atoms with Crippen molar-refractivity contribution < 1.29 is 0 Å². The molecule has 2 aromatic heterocycles. The third-order valence-electron chi connectivity index (χ3n) is 3.44. The molecule has 0 saturated heterocycles. The van der Waals surface area contributed by atoms with Gasteiger partial charge in [0.25, 0.3) is 0 Å². The molecule has 1 atom stereocenters. The van der Waals surface area contributed by atoms with Crippen LogP contribution in [0.3, 0.4) is 0 Å². The molecule has 19 heavy (non-hydrogen) atoms. The predicted octanol–water partition coefficient (Wildman–Crippen LogP) is 2.99. The molecule has 0 radical (unpaired) electrons. The summed E-state index contributed by atoms with van der Waals surface area (Å²) in [4.78, 5) is 8.51. The number of aromatic nitrogens is 2. The zero-order valence-electron chi connectivity index (χ0n) is 10.7. The molecular weight excluding hydrogens is 234 g/mol. The maximum absolute atomic E-state index is 6.42. The molecule has 0 aliphatic rings. The highest BCUT2D eigenvalue weighted by atomic mass is 14.7. The van der Waals surface area contributed by atoms with Gasteiger partial charge in [0.15, 0.2) is 0 Å². The summed E-state index contributed by atoms with van der Waals surface area (Å²) >= 11 is 0. The van der Waals surface area contributed by atoms with Crippen molar-refractivity contribution in [1.82, 2.24) is 9.97 Å². The van der Waals surface area contributed by atoms with Crippen LogP contribution in [0.5, 0.6) is 0 Å². The highest BCUT2D eigenvalue weighted by molar-refractivity contribution is 5.85. The van der Waals surface area contributed by atoms with Gasteiger partial charge in [-0.3, -0.25) is 9.97 Å². The summed E-state index contributed by atoms with van der Waals surface area (Å²) in [6, 6.07) is 11.9. The Morgan fingerprint density at radius 1 is 1.00 bits per heavy atom. The van der Waals surface area contributed by atoms with Gasteiger partial charge in [0, 0.05) is 29.7 Å². The van der Waals surface area contributed by atoms with E-state index in [1.54, 1.807) is 12.4 Å². The van der Waals surface area contributed by atoms with E-state index in [0.717, 1.165) is 27.6 Å². The topological polar surface area (TPSA) is 51.8 Å². The fourth-order valence-corrected chi connectivity index (χ4v) is 2.40. The van der Waals surface area contributed by atoms with Gasteiger partial charge in [-0.05, 0) is 35.6 Å². The summed E-state index contributed by atoms with van der Waals surface area (Å²) in [6.07, 6.45) is 5.46. The van der Waals surface area contributed by atoms with Crippen molar-refractivity contribution in [2.45, 2.75) is 13.0 Å². The zero-order valence-corrected chi connectivity index (χ0v) is 10.7. The average Bonchev–Trinajstić information content (AvgIpc) is 2.46. The SMILES string of the molecule is Cc1ncccc1C(N)c1cccc2ccncc12. The van der Waals surface area contributed by atoms with Gasteiger partial charge in [-0.1, -0.05) is 24.3 Å². The largest absolute Gasteiger partial charge is 0.320 e. The molecule has 3 nitrogen and oxygen atoms in total. The molecular formula is C16H15N3. The van der Waals surface area contributed by atoms with Crippen LogP contribution in [-0.4, -0.2) is 9.97 Å². The molecule has 94 valence electrons. The minimum atomic E-state index is -0.179. The van der Waals surface area contributed by atoms with E-state index in [-0.39, 0.29) is 6.04 Å². The highest BCUT2D eigenvalue weighted by Crippen LogP contribution is 2.27. The lowest BCUT2D eigenvalue weighted by Gasteiger charge is -2.16. The van der Waals surface area contributed by atoms with E-state index in [2.05, 4.69) is 22.1 Å². The highest BCUT2D eigenvalue weighted by Gasteiger charge is 2.14. The maximum Gasteiger partial charge on any atom is 0.0576 e. The molecule has 0 aliphatic carbocycles. The van der Waals surface area contributed by atoms with Crippen molar-refractivity contribution in [3.05, 3.63) is 71.8 Å². The van der Waals surface area contributed by atoms with Gasteiger partial charge in [0.2, 0.25) is 0 Å². The lowest BCUT2D eigenvalue weighted by Crippen LogP contribution is -2.14. The molecule has 3 heteroatoms. The van der Waals surface area contributed by atoms with Crippen LogP contribution in [0.1, 0.15) is 22.9 Å². The third kappa shape index (κ3) is 2.09. The molecule has 3 aromatic rings. The number of pyridine rings is 2. The molecule has 0 spiro atoms. The number of rotatable bonds is 2. The van der Waals surface area contributed by atoms with E-state index in [1.807, 2.05) is 37.4 Å². The van der Waals surface area contributed by atoms with Crippen LogP contribution in [0.4, 0.5) is 0 Å². The second kappa shape index (κ2) is 4.78. The van der Waals surface area contributed by atoms with Gasteiger partial charge in [-0.2, -0.15) is 0 Å². The Hall–Kier alpha value is -2.26. The first-order valence-electron chi connectivity index (χ1n) is 6.27. The van der Waals surface area contributed by atoms with Crippen LogP contribution in [0.2, 0.25) is 0 Å². The first-order chi connectivity index (χ1) is 9.27. The third-order valence-corrected chi connectivity index (χ3v) is 3.44. The van der Waals surface area contributed by atoms with Gasteiger partial charge < -0.3 is 5.73 Å². The Morgan fingerprint density at radius 3 is 2.68 bits per heavy atom. The summed E-state index contributed by atoms with van der Waals surface area (Å²) in [5.41, 5.74) is 9.52. The predicted molar refractivity (Wildman–Crippen MR) is 76.7 cm³/mol. The van der Waals surface area contributed by atoms with Crippen molar-refractivity contribution in [3.63, 3.8) is 0 Å². The van der Waals surface area contributed by atoms with Crippen LogP contribution < -0.4 is 5.73 Å². The monoisotopic (exact) mass is 249 g/mol. The molecule has 0 bridgehead atoms. The minimum Gasteiger partial charge on any atom is -0.320 e. The van der Waals surface area contributed by atoms with E-state index in [4.69, 9.17) is 5.73 Å². The van der Waals surface area contributed by atoms with Crippen molar-refractivity contribution in [2.24, 2.45) is 5.73 Å². The van der Waals surface area contributed by atoms with Gasteiger partial charge in [0.05, 0.1) is 6.04 Å². The zero-order chi connectivity index (χ0) is 13.2. The number of hydrogen-bond donors (Lipinski definition) is 1. The van der Waals surface area contributed by atoms with Gasteiger partial charge in [0.1, 0.15) is 0 Å². The van der Waals surface area contributed by atoms with Crippen molar-refractivity contribution in [2.75, 3.05) is 0 Å². The Balaban J connectivity index is 2.17. The van der Waals surface area contributed by atoms with E-state index < -0.39 is 0 Å². The molecule has 0 amide bonds. The fraction of sp³-hybridized carbons (Fsp3) is 0.125. The second-order valence-electron chi connectivity index (χ2n) is 4.60. The molecule has 0 aliphatic heterocycles. The Bertz CT molecular complexity index is 717. The number of benzene rings is 1. The number of nitrogens with two attached hydrogens (primary N) is 1. The minimum absolute atomic E-state index is 0.179. The van der Waals surface area contributed by atoms with E-state index in [1.165, 1.54) is 0 Å². The number of aryl methyl sites for hydroxylation is 1. The Kier molecular flexibility index (Phi) is 2.97.